The summed E-state index contributed by atoms with van der Waals surface area (Å²) >= 11 is 0. The summed E-state index contributed by atoms with van der Waals surface area (Å²) in [6.07, 6.45) is -1.78. The van der Waals surface area contributed by atoms with E-state index in [-0.39, 0.29) is 11.3 Å². The van der Waals surface area contributed by atoms with E-state index in [4.69, 9.17) is 5.26 Å². The minimum Gasteiger partial charge on any atom is -0.295 e. The van der Waals surface area contributed by atoms with Crippen LogP contribution >= 0.6 is 0 Å². The largest absolute Gasteiger partial charge is 0.417 e. The van der Waals surface area contributed by atoms with Crippen molar-refractivity contribution < 1.29 is 18.0 Å². The zero-order valence-corrected chi connectivity index (χ0v) is 11.5. The maximum absolute atomic E-state index is 13.1. The predicted octanol–water partition coefficient (Wildman–Crippen LogP) is 3.61. The van der Waals surface area contributed by atoms with Crippen LogP contribution in [0.25, 0.3) is 6.08 Å². The fourth-order valence-electron chi connectivity index (χ4n) is 2.30. The van der Waals surface area contributed by atoms with E-state index in [9.17, 15) is 18.0 Å². The molecule has 110 valence electrons. The number of carbonyl (C=O) groups excluding carboxylic acids is 1. The third-order valence-electron chi connectivity index (χ3n) is 3.40. The summed E-state index contributed by atoms with van der Waals surface area (Å²) in [5.74, 6) is -0.979. The number of nitrogens with zero attached hydrogens (tertiary/aromatic N) is 2. The SMILES string of the molecule is CC1C=Cc2c(cccc2C(F)(F)F)N(C(C)C#N)C1=O. The second-order valence-corrected chi connectivity index (χ2v) is 4.90. The average Bonchev–Trinajstić information content (AvgIpc) is 2.55. The third-order valence-corrected chi connectivity index (χ3v) is 3.40. The first-order chi connectivity index (χ1) is 9.77. The highest BCUT2D eigenvalue weighted by molar-refractivity contribution is 6.01. The van der Waals surface area contributed by atoms with Crippen LogP contribution in [0.4, 0.5) is 18.9 Å². The molecular formula is C15H13F3N2O. The second kappa shape index (κ2) is 5.24. The van der Waals surface area contributed by atoms with E-state index in [1.54, 1.807) is 6.92 Å². The standard InChI is InChI=1S/C15H13F3N2O/c1-9-6-7-11-12(15(16,17)18)4-3-5-13(11)20(14(9)21)10(2)8-19/h3-7,9-10H,1-2H3. The van der Waals surface area contributed by atoms with Crippen LogP contribution < -0.4 is 4.90 Å². The normalized spacial score (nSPS) is 19.7. The lowest BCUT2D eigenvalue weighted by atomic mass is 10.0. The number of rotatable bonds is 1. The van der Waals surface area contributed by atoms with Gasteiger partial charge in [-0.3, -0.25) is 9.69 Å². The smallest absolute Gasteiger partial charge is 0.295 e. The van der Waals surface area contributed by atoms with Crippen LogP contribution in [0, 0.1) is 17.2 Å². The molecule has 0 N–H and O–H groups in total. The number of amides is 1. The first kappa shape index (κ1) is 15.1. The lowest BCUT2D eigenvalue weighted by molar-refractivity contribution is -0.137. The van der Waals surface area contributed by atoms with Crippen LogP contribution in [0.1, 0.15) is 25.0 Å². The minimum atomic E-state index is -4.52. The number of hydrogen-bond donors (Lipinski definition) is 0. The predicted molar refractivity (Wildman–Crippen MR) is 72.2 cm³/mol. The van der Waals surface area contributed by atoms with Gasteiger partial charge < -0.3 is 0 Å². The lowest BCUT2D eigenvalue weighted by Crippen LogP contribution is -2.40. The van der Waals surface area contributed by atoms with Crippen molar-refractivity contribution >= 4 is 17.7 Å². The summed E-state index contributed by atoms with van der Waals surface area (Å²) < 4.78 is 39.3. The van der Waals surface area contributed by atoms with E-state index in [0.717, 1.165) is 11.0 Å². The molecule has 0 saturated carbocycles. The van der Waals surface area contributed by atoms with Crippen LogP contribution in [-0.4, -0.2) is 11.9 Å². The molecule has 0 spiro atoms. The fraction of sp³-hybridized carbons (Fsp3) is 0.333. The van der Waals surface area contributed by atoms with E-state index in [2.05, 4.69) is 0 Å². The third kappa shape index (κ3) is 2.64. The molecule has 2 rings (SSSR count). The Bertz CT molecular complexity index is 643. The minimum absolute atomic E-state index is 0.0789. The van der Waals surface area contributed by atoms with Gasteiger partial charge in [0.15, 0.2) is 0 Å². The van der Waals surface area contributed by atoms with Crippen molar-refractivity contribution in [2.75, 3.05) is 4.90 Å². The molecule has 21 heavy (non-hydrogen) atoms. The topological polar surface area (TPSA) is 44.1 Å². The van der Waals surface area contributed by atoms with Gasteiger partial charge in [0.1, 0.15) is 6.04 Å². The van der Waals surface area contributed by atoms with E-state index in [1.165, 1.54) is 31.2 Å². The second-order valence-electron chi connectivity index (χ2n) is 4.90. The van der Waals surface area contributed by atoms with Gasteiger partial charge in [0, 0.05) is 5.56 Å². The highest BCUT2D eigenvalue weighted by Gasteiger charge is 2.37. The molecule has 1 amide bonds. The van der Waals surface area contributed by atoms with E-state index < -0.39 is 29.6 Å². The number of carbonyl (C=O) groups is 1. The molecule has 6 heteroatoms. The molecule has 3 nitrogen and oxygen atoms in total. The molecule has 2 unspecified atom stereocenters. The van der Waals surface area contributed by atoms with Gasteiger partial charge >= 0.3 is 6.18 Å². The van der Waals surface area contributed by atoms with Gasteiger partial charge in [-0.05, 0) is 19.1 Å². The monoisotopic (exact) mass is 294 g/mol. The van der Waals surface area contributed by atoms with Crippen LogP contribution in [0.3, 0.4) is 0 Å². The van der Waals surface area contributed by atoms with Crippen molar-refractivity contribution in [3.8, 4) is 6.07 Å². The molecule has 0 fully saturated rings. The molecule has 0 aromatic heterocycles. The van der Waals surface area contributed by atoms with Crippen molar-refractivity contribution in [2.24, 2.45) is 5.92 Å². The average molecular weight is 294 g/mol. The van der Waals surface area contributed by atoms with Crippen molar-refractivity contribution in [1.82, 2.24) is 0 Å². The Balaban J connectivity index is 2.72. The van der Waals surface area contributed by atoms with Gasteiger partial charge in [0.2, 0.25) is 5.91 Å². The molecule has 0 aliphatic carbocycles. The number of halogens is 3. The molecule has 0 radical (unpaired) electrons. The van der Waals surface area contributed by atoms with Gasteiger partial charge in [-0.1, -0.05) is 25.1 Å². The fourth-order valence-corrected chi connectivity index (χ4v) is 2.30. The van der Waals surface area contributed by atoms with Gasteiger partial charge in [-0.2, -0.15) is 18.4 Å². The summed E-state index contributed by atoms with van der Waals surface area (Å²) in [5.41, 5.74) is -0.775. The van der Waals surface area contributed by atoms with E-state index in [0.29, 0.717) is 0 Å². The number of benzene rings is 1. The maximum atomic E-state index is 13.1. The maximum Gasteiger partial charge on any atom is 0.417 e. The summed E-state index contributed by atoms with van der Waals surface area (Å²) in [7, 11) is 0. The molecule has 1 aromatic rings. The Kier molecular flexibility index (Phi) is 3.77. The Morgan fingerprint density at radius 2 is 2.05 bits per heavy atom. The Morgan fingerprint density at radius 1 is 1.38 bits per heavy atom. The molecular weight excluding hydrogens is 281 g/mol. The number of fused-ring (bicyclic) bond motifs is 1. The summed E-state index contributed by atoms with van der Waals surface area (Å²) in [4.78, 5) is 13.4. The van der Waals surface area contributed by atoms with Gasteiger partial charge in [-0.25, -0.2) is 0 Å². The number of alkyl halides is 3. The van der Waals surface area contributed by atoms with E-state index >= 15 is 0 Å². The van der Waals surface area contributed by atoms with Gasteiger partial charge in [0.05, 0.1) is 23.2 Å². The number of nitriles is 1. The van der Waals surface area contributed by atoms with Crippen LogP contribution in [0.5, 0.6) is 0 Å². The summed E-state index contributed by atoms with van der Waals surface area (Å²) in [6, 6.07) is 4.71. The zero-order chi connectivity index (χ0) is 15.8. The van der Waals surface area contributed by atoms with Gasteiger partial charge in [0.25, 0.3) is 0 Å². The Labute approximate surface area is 120 Å². The molecule has 1 aliphatic rings. The number of anilines is 1. The van der Waals surface area contributed by atoms with Gasteiger partial charge in [-0.15, -0.1) is 0 Å². The first-order valence-electron chi connectivity index (χ1n) is 6.38. The van der Waals surface area contributed by atoms with E-state index in [1.807, 2.05) is 6.07 Å². The van der Waals surface area contributed by atoms with Crippen molar-refractivity contribution in [1.29, 1.82) is 5.26 Å². The van der Waals surface area contributed by atoms with Crippen LogP contribution in [0.15, 0.2) is 24.3 Å². The van der Waals surface area contributed by atoms with Crippen molar-refractivity contribution in [3.63, 3.8) is 0 Å². The number of hydrogen-bond acceptors (Lipinski definition) is 2. The Morgan fingerprint density at radius 3 is 2.62 bits per heavy atom. The molecule has 0 bridgehead atoms. The van der Waals surface area contributed by atoms with Crippen molar-refractivity contribution in [2.45, 2.75) is 26.1 Å². The summed E-state index contributed by atoms with van der Waals surface area (Å²) in [6.45, 7) is 3.08. The highest BCUT2D eigenvalue weighted by Crippen LogP contribution is 2.39. The lowest BCUT2D eigenvalue weighted by Gasteiger charge is -2.27. The summed E-state index contributed by atoms with van der Waals surface area (Å²) in [5, 5.41) is 9.05. The highest BCUT2D eigenvalue weighted by atomic mass is 19.4. The van der Waals surface area contributed by atoms with Crippen molar-refractivity contribution in [3.05, 3.63) is 35.4 Å². The Hall–Kier alpha value is -2.29. The quantitative estimate of drug-likeness (QED) is 0.794. The zero-order valence-electron chi connectivity index (χ0n) is 11.5. The molecule has 2 atom stereocenters. The molecule has 1 heterocycles. The molecule has 1 aromatic carbocycles. The first-order valence-corrected chi connectivity index (χ1v) is 6.38. The molecule has 1 aliphatic heterocycles. The van der Waals surface area contributed by atoms with Crippen LogP contribution in [0.2, 0.25) is 0 Å². The molecule has 0 saturated heterocycles. The van der Waals surface area contributed by atoms with Crippen LogP contribution in [-0.2, 0) is 11.0 Å².